The predicted octanol–water partition coefficient (Wildman–Crippen LogP) is 3.56. The molecular weight excluding hydrogens is 328 g/mol. The Bertz CT molecular complexity index is 726. The molecule has 0 aliphatic heterocycles. The van der Waals surface area contributed by atoms with Crippen LogP contribution in [0.4, 0.5) is 13.6 Å². The van der Waals surface area contributed by atoms with Crippen LogP contribution in [0.15, 0.2) is 42.7 Å². The summed E-state index contributed by atoms with van der Waals surface area (Å²) in [5.74, 6) is 0.149. The number of carbonyl (C=O) groups excluding carboxylic acids is 1. The molecule has 1 aromatic carbocycles. The summed E-state index contributed by atoms with van der Waals surface area (Å²) < 4.78 is 29.1. The number of rotatable bonds is 5. The lowest BCUT2D eigenvalue weighted by Crippen LogP contribution is -2.38. The van der Waals surface area contributed by atoms with Crippen LogP contribution in [0.2, 0.25) is 0 Å². The molecule has 1 aromatic heterocycles. The van der Waals surface area contributed by atoms with Crippen molar-refractivity contribution in [3.05, 3.63) is 59.4 Å². The van der Waals surface area contributed by atoms with Crippen molar-refractivity contribution >= 4 is 6.03 Å². The fraction of sp³-hybridized carbons (Fsp3) is 0.333. The minimum absolute atomic E-state index is 0.141. The number of amides is 2. The van der Waals surface area contributed by atoms with Gasteiger partial charge in [0.05, 0.1) is 6.04 Å². The SMILES string of the molecule is O=C(NCc1cccnc1)N[C@@H]1CCCc2cc(OC(F)F)ccc21. The smallest absolute Gasteiger partial charge is 0.387 e. The summed E-state index contributed by atoms with van der Waals surface area (Å²) in [6.07, 6.45) is 5.83. The summed E-state index contributed by atoms with van der Waals surface area (Å²) in [6.45, 7) is -2.45. The number of hydrogen-bond acceptors (Lipinski definition) is 3. The second-order valence-electron chi connectivity index (χ2n) is 5.87. The van der Waals surface area contributed by atoms with Gasteiger partial charge in [-0.3, -0.25) is 4.98 Å². The maximum atomic E-state index is 12.3. The molecule has 0 saturated carbocycles. The van der Waals surface area contributed by atoms with Crippen molar-refractivity contribution in [1.82, 2.24) is 15.6 Å². The Hall–Kier alpha value is -2.70. The molecule has 2 N–H and O–H groups in total. The highest BCUT2D eigenvalue weighted by atomic mass is 19.3. The van der Waals surface area contributed by atoms with E-state index >= 15 is 0 Å². The van der Waals surface area contributed by atoms with Gasteiger partial charge in [0, 0.05) is 18.9 Å². The lowest BCUT2D eigenvalue weighted by molar-refractivity contribution is -0.0499. The second-order valence-corrected chi connectivity index (χ2v) is 5.87. The Balaban J connectivity index is 1.61. The van der Waals surface area contributed by atoms with Crippen molar-refractivity contribution in [3.63, 3.8) is 0 Å². The minimum atomic E-state index is -2.84. The zero-order valence-corrected chi connectivity index (χ0v) is 13.5. The molecule has 1 aliphatic rings. The van der Waals surface area contributed by atoms with Gasteiger partial charge >= 0.3 is 12.6 Å². The van der Waals surface area contributed by atoms with Gasteiger partial charge in [-0.05, 0) is 54.2 Å². The van der Waals surface area contributed by atoms with Crippen molar-refractivity contribution in [2.24, 2.45) is 0 Å². The Labute approximate surface area is 144 Å². The zero-order chi connectivity index (χ0) is 17.6. The van der Waals surface area contributed by atoms with Crippen LogP contribution in [-0.4, -0.2) is 17.6 Å². The van der Waals surface area contributed by atoms with Crippen molar-refractivity contribution in [2.45, 2.75) is 38.5 Å². The van der Waals surface area contributed by atoms with Crippen molar-refractivity contribution in [1.29, 1.82) is 0 Å². The van der Waals surface area contributed by atoms with Crippen LogP contribution in [-0.2, 0) is 13.0 Å². The molecule has 1 heterocycles. The number of nitrogens with one attached hydrogen (secondary N) is 2. The Morgan fingerprint density at radius 2 is 2.24 bits per heavy atom. The van der Waals surface area contributed by atoms with Gasteiger partial charge in [0.1, 0.15) is 5.75 Å². The Morgan fingerprint density at radius 3 is 3.00 bits per heavy atom. The highest BCUT2D eigenvalue weighted by Gasteiger charge is 2.22. The zero-order valence-electron chi connectivity index (χ0n) is 13.5. The van der Waals surface area contributed by atoms with Gasteiger partial charge in [-0.25, -0.2) is 4.79 Å². The molecule has 0 saturated heterocycles. The number of alkyl halides is 2. The quantitative estimate of drug-likeness (QED) is 0.869. The van der Waals surface area contributed by atoms with Crippen LogP contribution >= 0.6 is 0 Å². The topological polar surface area (TPSA) is 63.2 Å². The Kier molecular flexibility index (Phi) is 5.42. The number of urea groups is 1. The highest BCUT2D eigenvalue weighted by Crippen LogP contribution is 2.32. The van der Waals surface area contributed by atoms with Crippen molar-refractivity contribution in [3.8, 4) is 5.75 Å². The molecule has 2 aromatic rings. The summed E-state index contributed by atoms with van der Waals surface area (Å²) in [5.41, 5.74) is 2.79. The molecule has 2 amide bonds. The van der Waals surface area contributed by atoms with E-state index in [1.165, 1.54) is 6.07 Å². The van der Waals surface area contributed by atoms with E-state index in [4.69, 9.17) is 0 Å². The van der Waals surface area contributed by atoms with Crippen molar-refractivity contribution < 1.29 is 18.3 Å². The summed E-state index contributed by atoms with van der Waals surface area (Å²) in [5, 5.41) is 5.75. The van der Waals surface area contributed by atoms with Gasteiger partial charge in [-0.15, -0.1) is 0 Å². The first-order valence-electron chi connectivity index (χ1n) is 8.13. The Morgan fingerprint density at radius 1 is 1.36 bits per heavy atom. The van der Waals surface area contributed by atoms with E-state index in [0.717, 1.165) is 36.0 Å². The lowest BCUT2D eigenvalue weighted by Gasteiger charge is -2.27. The van der Waals surface area contributed by atoms with Gasteiger partial charge < -0.3 is 15.4 Å². The van der Waals surface area contributed by atoms with E-state index in [1.54, 1.807) is 24.5 Å². The third-order valence-electron chi connectivity index (χ3n) is 4.14. The second kappa shape index (κ2) is 7.92. The molecule has 1 atom stereocenters. The molecule has 0 unspecified atom stereocenters. The van der Waals surface area contributed by atoms with Crippen LogP contribution in [0.5, 0.6) is 5.75 Å². The number of carbonyl (C=O) groups is 1. The minimum Gasteiger partial charge on any atom is -0.435 e. The summed E-state index contributed by atoms with van der Waals surface area (Å²) in [4.78, 5) is 16.1. The molecule has 3 rings (SSSR count). The van der Waals surface area contributed by atoms with E-state index in [1.807, 2.05) is 12.1 Å². The van der Waals surface area contributed by atoms with Gasteiger partial charge in [-0.1, -0.05) is 12.1 Å². The van der Waals surface area contributed by atoms with E-state index < -0.39 is 6.61 Å². The fourth-order valence-corrected chi connectivity index (χ4v) is 3.01. The number of fused-ring (bicyclic) bond motifs is 1. The number of ether oxygens (including phenoxy) is 1. The molecule has 0 radical (unpaired) electrons. The molecule has 0 fully saturated rings. The normalized spacial score (nSPS) is 16.2. The van der Waals surface area contributed by atoms with Crippen molar-refractivity contribution in [2.75, 3.05) is 0 Å². The number of halogens is 2. The predicted molar refractivity (Wildman–Crippen MR) is 88.4 cm³/mol. The highest BCUT2D eigenvalue weighted by molar-refractivity contribution is 5.74. The maximum Gasteiger partial charge on any atom is 0.387 e. The fourth-order valence-electron chi connectivity index (χ4n) is 3.01. The number of aromatic nitrogens is 1. The third kappa shape index (κ3) is 4.65. The van der Waals surface area contributed by atoms with Gasteiger partial charge in [0.25, 0.3) is 0 Å². The monoisotopic (exact) mass is 347 g/mol. The first kappa shape index (κ1) is 17.1. The molecule has 132 valence electrons. The molecule has 0 spiro atoms. The number of benzene rings is 1. The first-order chi connectivity index (χ1) is 12.1. The number of aryl methyl sites for hydroxylation is 1. The molecule has 5 nitrogen and oxygen atoms in total. The van der Waals surface area contributed by atoms with Crippen LogP contribution in [0.25, 0.3) is 0 Å². The average Bonchev–Trinajstić information content (AvgIpc) is 2.60. The summed E-state index contributed by atoms with van der Waals surface area (Å²) in [6, 6.07) is 8.17. The summed E-state index contributed by atoms with van der Waals surface area (Å²) >= 11 is 0. The van der Waals surface area contributed by atoms with Crippen LogP contribution in [0.3, 0.4) is 0 Å². The maximum absolute atomic E-state index is 12.3. The first-order valence-corrected chi connectivity index (χ1v) is 8.13. The lowest BCUT2D eigenvalue weighted by atomic mass is 9.87. The number of nitrogens with zero attached hydrogens (tertiary/aromatic N) is 1. The third-order valence-corrected chi connectivity index (χ3v) is 4.14. The summed E-state index contributed by atoms with van der Waals surface area (Å²) in [7, 11) is 0. The van der Waals surface area contributed by atoms with E-state index in [-0.39, 0.29) is 17.8 Å². The van der Waals surface area contributed by atoms with Crippen LogP contribution in [0.1, 0.15) is 35.6 Å². The molecule has 25 heavy (non-hydrogen) atoms. The average molecular weight is 347 g/mol. The van der Waals surface area contributed by atoms with E-state index in [0.29, 0.717) is 6.54 Å². The molecular formula is C18H19F2N3O2. The molecule has 7 heteroatoms. The largest absolute Gasteiger partial charge is 0.435 e. The number of pyridine rings is 1. The van der Waals surface area contributed by atoms with Gasteiger partial charge in [-0.2, -0.15) is 8.78 Å². The molecule has 1 aliphatic carbocycles. The standard InChI is InChI=1S/C18H19F2N3O2/c19-17(20)25-14-6-7-15-13(9-14)4-1-5-16(15)23-18(24)22-11-12-3-2-8-21-10-12/h2-3,6-10,16-17H,1,4-5,11H2,(H2,22,23,24)/t16-/m1/s1. The van der Waals surface area contributed by atoms with Crippen LogP contribution in [0, 0.1) is 0 Å². The van der Waals surface area contributed by atoms with E-state index in [9.17, 15) is 13.6 Å². The van der Waals surface area contributed by atoms with Crippen LogP contribution < -0.4 is 15.4 Å². The molecule has 0 bridgehead atoms. The van der Waals surface area contributed by atoms with Gasteiger partial charge in [0.2, 0.25) is 0 Å². The van der Waals surface area contributed by atoms with E-state index in [2.05, 4.69) is 20.4 Å². The number of hydrogen-bond donors (Lipinski definition) is 2. The van der Waals surface area contributed by atoms with Gasteiger partial charge in [0.15, 0.2) is 0 Å².